The van der Waals surface area contributed by atoms with Crippen molar-refractivity contribution in [2.45, 2.75) is 18.9 Å². The first-order valence-corrected chi connectivity index (χ1v) is 5.46. The predicted molar refractivity (Wildman–Crippen MR) is 61.0 cm³/mol. The first kappa shape index (κ1) is 11.6. The van der Waals surface area contributed by atoms with Gasteiger partial charge in [0.15, 0.2) is 5.82 Å². The number of nitrogens with zero attached hydrogens (tertiary/aromatic N) is 3. The van der Waals surface area contributed by atoms with E-state index in [4.69, 9.17) is 9.47 Å². The molecule has 0 aliphatic carbocycles. The summed E-state index contributed by atoms with van der Waals surface area (Å²) < 4.78 is 9.80. The lowest BCUT2D eigenvalue weighted by atomic mass is 10.2. The Morgan fingerprint density at radius 3 is 3.00 bits per heavy atom. The van der Waals surface area contributed by atoms with Crippen molar-refractivity contribution >= 4 is 11.8 Å². The molecule has 1 fully saturated rings. The Bertz CT molecular complexity index is 411. The van der Waals surface area contributed by atoms with Crippen LogP contribution >= 0.6 is 0 Å². The summed E-state index contributed by atoms with van der Waals surface area (Å²) in [6.07, 6.45) is 4.89. The molecular weight excluding hydrogens is 222 g/mol. The fraction of sp³-hybridized carbons (Fsp3) is 0.545. The van der Waals surface area contributed by atoms with Crippen molar-refractivity contribution < 1.29 is 14.3 Å². The summed E-state index contributed by atoms with van der Waals surface area (Å²) in [5, 5.41) is 0. The Morgan fingerprint density at radius 1 is 1.47 bits per heavy atom. The van der Waals surface area contributed by atoms with E-state index in [9.17, 15) is 4.79 Å². The van der Waals surface area contributed by atoms with Gasteiger partial charge in [0.05, 0.1) is 26.6 Å². The molecule has 0 spiro atoms. The molecule has 0 radical (unpaired) electrons. The minimum atomic E-state index is -0.263. The number of rotatable bonds is 3. The molecule has 0 bridgehead atoms. The van der Waals surface area contributed by atoms with Crippen LogP contribution in [0.25, 0.3) is 0 Å². The van der Waals surface area contributed by atoms with E-state index in [2.05, 4.69) is 9.97 Å². The Kier molecular flexibility index (Phi) is 3.41. The van der Waals surface area contributed by atoms with Gasteiger partial charge in [-0.15, -0.1) is 0 Å². The standard InChI is InChI=1S/C11H15N3O3/c1-16-10-7-12-6-9(13-10)14-5-3-4-8(14)11(15)17-2/h6-8H,3-5H2,1-2H3. The molecule has 0 aromatic carbocycles. The van der Waals surface area contributed by atoms with Crippen LogP contribution in [-0.2, 0) is 9.53 Å². The van der Waals surface area contributed by atoms with E-state index < -0.39 is 0 Å². The maximum Gasteiger partial charge on any atom is 0.328 e. The summed E-state index contributed by atoms with van der Waals surface area (Å²) in [5.74, 6) is 0.863. The number of esters is 1. The van der Waals surface area contributed by atoms with Gasteiger partial charge in [0.1, 0.15) is 6.04 Å². The van der Waals surface area contributed by atoms with Crippen molar-refractivity contribution in [2.75, 3.05) is 25.7 Å². The van der Waals surface area contributed by atoms with E-state index in [1.165, 1.54) is 20.4 Å². The molecule has 6 nitrogen and oxygen atoms in total. The smallest absolute Gasteiger partial charge is 0.328 e. The summed E-state index contributed by atoms with van der Waals surface area (Å²) in [6, 6.07) is -0.263. The van der Waals surface area contributed by atoms with E-state index in [1.54, 1.807) is 6.20 Å². The minimum absolute atomic E-state index is 0.230. The molecule has 1 unspecified atom stereocenters. The van der Waals surface area contributed by atoms with Crippen LogP contribution in [-0.4, -0.2) is 42.7 Å². The van der Waals surface area contributed by atoms with Crippen molar-refractivity contribution in [2.24, 2.45) is 0 Å². The van der Waals surface area contributed by atoms with E-state index in [-0.39, 0.29) is 12.0 Å². The van der Waals surface area contributed by atoms with E-state index in [0.29, 0.717) is 11.7 Å². The molecule has 0 saturated carbocycles. The number of hydrogen-bond acceptors (Lipinski definition) is 6. The second kappa shape index (κ2) is 4.99. The quantitative estimate of drug-likeness (QED) is 0.718. The van der Waals surface area contributed by atoms with Crippen LogP contribution in [0.5, 0.6) is 5.88 Å². The summed E-state index contributed by atoms with van der Waals surface area (Å²) in [7, 11) is 2.94. The predicted octanol–water partition coefficient (Wildman–Crippen LogP) is 0.627. The van der Waals surface area contributed by atoms with Gasteiger partial charge in [-0.1, -0.05) is 0 Å². The van der Waals surface area contributed by atoms with Gasteiger partial charge in [0.2, 0.25) is 5.88 Å². The third-order valence-electron chi connectivity index (χ3n) is 2.83. The number of carbonyl (C=O) groups is 1. The number of anilines is 1. The summed E-state index contributed by atoms with van der Waals surface area (Å²) >= 11 is 0. The molecule has 1 atom stereocenters. The highest BCUT2D eigenvalue weighted by atomic mass is 16.5. The Hall–Kier alpha value is -1.85. The molecular formula is C11H15N3O3. The average Bonchev–Trinajstić information content (AvgIpc) is 2.87. The Balaban J connectivity index is 2.22. The SMILES string of the molecule is COC(=O)C1CCCN1c1cncc(OC)n1. The van der Waals surface area contributed by atoms with Crippen LogP contribution in [0.2, 0.25) is 0 Å². The number of carbonyl (C=O) groups excluding carboxylic acids is 1. The second-order valence-corrected chi connectivity index (χ2v) is 3.79. The molecule has 92 valence electrons. The monoisotopic (exact) mass is 237 g/mol. The van der Waals surface area contributed by atoms with Crippen LogP contribution < -0.4 is 9.64 Å². The van der Waals surface area contributed by atoms with Gasteiger partial charge < -0.3 is 14.4 Å². The third-order valence-corrected chi connectivity index (χ3v) is 2.83. The first-order valence-electron chi connectivity index (χ1n) is 5.46. The Morgan fingerprint density at radius 2 is 2.29 bits per heavy atom. The zero-order chi connectivity index (χ0) is 12.3. The highest BCUT2D eigenvalue weighted by Crippen LogP contribution is 2.25. The van der Waals surface area contributed by atoms with Gasteiger partial charge in [-0.05, 0) is 12.8 Å². The lowest BCUT2D eigenvalue weighted by Crippen LogP contribution is -2.37. The van der Waals surface area contributed by atoms with Crippen LogP contribution in [0.15, 0.2) is 12.4 Å². The second-order valence-electron chi connectivity index (χ2n) is 3.79. The van der Waals surface area contributed by atoms with Crippen molar-refractivity contribution in [3.63, 3.8) is 0 Å². The lowest BCUT2D eigenvalue weighted by molar-refractivity contribution is -0.141. The van der Waals surface area contributed by atoms with Gasteiger partial charge in [-0.2, -0.15) is 4.98 Å². The number of hydrogen-bond donors (Lipinski definition) is 0. The van der Waals surface area contributed by atoms with Crippen LogP contribution in [0, 0.1) is 0 Å². The molecule has 2 rings (SSSR count). The summed E-state index contributed by atoms with van der Waals surface area (Å²) in [5.41, 5.74) is 0. The van der Waals surface area contributed by atoms with Gasteiger partial charge in [-0.3, -0.25) is 4.98 Å². The van der Waals surface area contributed by atoms with Gasteiger partial charge in [-0.25, -0.2) is 4.79 Å². The summed E-state index contributed by atoms with van der Waals surface area (Å²) in [4.78, 5) is 21.8. The number of ether oxygens (including phenoxy) is 2. The minimum Gasteiger partial charge on any atom is -0.480 e. The zero-order valence-corrected chi connectivity index (χ0v) is 9.92. The highest BCUT2D eigenvalue weighted by Gasteiger charge is 2.32. The van der Waals surface area contributed by atoms with E-state index in [1.807, 2.05) is 4.90 Å². The van der Waals surface area contributed by atoms with Crippen molar-refractivity contribution in [3.05, 3.63) is 12.4 Å². The molecule has 1 aliphatic heterocycles. The maximum absolute atomic E-state index is 11.6. The topological polar surface area (TPSA) is 64.5 Å². The average molecular weight is 237 g/mol. The fourth-order valence-electron chi connectivity index (χ4n) is 2.00. The molecule has 1 aromatic rings. The zero-order valence-electron chi connectivity index (χ0n) is 9.92. The van der Waals surface area contributed by atoms with Gasteiger partial charge in [0, 0.05) is 6.54 Å². The molecule has 0 N–H and O–H groups in total. The Labute approximate surface area is 99.6 Å². The molecule has 1 saturated heterocycles. The molecule has 17 heavy (non-hydrogen) atoms. The number of aromatic nitrogens is 2. The van der Waals surface area contributed by atoms with Crippen LogP contribution in [0.4, 0.5) is 5.82 Å². The van der Waals surface area contributed by atoms with Crippen LogP contribution in [0.1, 0.15) is 12.8 Å². The fourth-order valence-corrected chi connectivity index (χ4v) is 2.00. The third kappa shape index (κ3) is 2.30. The van der Waals surface area contributed by atoms with Crippen molar-refractivity contribution in [3.8, 4) is 5.88 Å². The number of methoxy groups -OCH3 is 2. The van der Waals surface area contributed by atoms with Crippen molar-refractivity contribution in [1.29, 1.82) is 0 Å². The van der Waals surface area contributed by atoms with Gasteiger partial charge >= 0.3 is 5.97 Å². The van der Waals surface area contributed by atoms with Crippen LogP contribution in [0.3, 0.4) is 0 Å². The molecule has 1 aromatic heterocycles. The van der Waals surface area contributed by atoms with E-state index >= 15 is 0 Å². The van der Waals surface area contributed by atoms with Gasteiger partial charge in [0.25, 0.3) is 0 Å². The lowest BCUT2D eigenvalue weighted by Gasteiger charge is -2.23. The highest BCUT2D eigenvalue weighted by molar-refractivity contribution is 5.80. The molecule has 6 heteroatoms. The normalized spacial score (nSPS) is 19.2. The first-order chi connectivity index (χ1) is 8.26. The van der Waals surface area contributed by atoms with Crippen molar-refractivity contribution in [1.82, 2.24) is 9.97 Å². The maximum atomic E-state index is 11.6. The summed E-state index contributed by atoms with van der Waals surface area (Å²) in [6.45, 7) is 0.779. The molecule has 1 aliphatic rings. The largest absolute Gasteiger partial charge is 0.480 e. The molecule has 2 heterocycles. The molecule has 0 amide bonds. The van der Waals surface area contributed by atoms with E-state index in [0.717, 1.165) is 19.4 Å².